The van der Waals surface area contributed by atoms with E-state index in [0.29, 0.717) is 18.0 Å². The van der Waals surface area contributed by atoms with Gasteiger partial charge in [-0.15, -0.1) is 0 Å². The first kappa shape index (κ1) is 13.8. The van der Waals surface area contributed by atoms with Crippen molar-refractivity contribution in [3.63, 3.8) is 0 Å². The van der Waals surface area contributed by atoms with Gasteiger partial charge in [-0.25, -0.2) is 9.97 Å². The molecule has 3 heterocycles. The first-order chi connectivity index (χ1) is 11.4. The molecule has 3 aromatic heterocycles. The molecule has 23 heavy (non-hydrogen) atoms. The van der Waals surface area contributed by atoms with Crippen molar-refractivity contribution >= 4 is 11.0 Å². The largest absolute Gasteiger partial charge is 0.298 e. The Kier molecular flexibility index (Phi) is 3.44. The molecule has 0 aromatic carbocycles. The first-order valence-electron chi connectivity index (χ1n) is 7.90. The Morgan fingerprint density at radius 3 is 3.09 bits per heavy atom. The minimum atomic E-state index is 0.148. The van der Waals surface area contributed by atoms with Crippen LogP contribution in [0.2, 0.25) is 0 Å². The van der Waals surface area contributed by atoms with Crippen molar-refractivity contribution < 1.29 is 0 Å². The highest BCUT2D eigenvalue weighted by Gasteiger charge is 2.27. The smallest absolute Gasteiger partial charge is 0.157 e. The van der Waals surface area contributed by atoms with Gasteiger partial charge in [0.15, 0.2) is 5.65 Å². The van der Waals surface area contributed by atoms with Gasteiger partial charge >= 0.3 is 0 Å². The average molecular weight is 304 g/mol. The molecular formula is C17H16N6. The fourth-order valence-corrected chi connectivity index (χ4v) is 3.52. The second-order valence-electron chi connectivity index (χ2n) is 6.00. The van der Waals surface area contributed by atoms with Crippen LogP contribution in [-0.4, -0.2) is 24.7 Å². The van der Waals surface area contributed by atoms with E-state index in [1.807, 2.05) is 17.1 Å². The third kappa shape index (κ3) is 2.43. The molecule has 1 aliphatic carbocycles. The molecule has 6 heteroatoms. The van der Waals surface area contributed by atoms with Gasteiger partial charge in [0.2, 0.25) is 0 Å². The molecule has 1 atom stereocenters. The van der Waals surface area contributed by atoms with E-state index in [0.717, 1.165) is 16.6 Å². The minimum absolute atomic E-state index is 0.148. The van der Waals surface area contributed by atoms with Crippen LogP contribution in [0.4, 0.5) is 0 Å². The second-order valence-corrected chi connectivity index (χ2v) is 6.00. The zero-order valence-corrected chi connectivity index (χ0v) is 12.7. The molecule has 0 bridgehead atoms. The fourth-order valence-electron chi connectivity index (χ4n) is 3.52. The summed E-state index contributed by atoms with van der Waals surface area (Å²) in [6.07, 6.45) is 13.5. The Balaban J connectivity index is 1.70. The molecular weight excluding hydrogens is 288 g/mol. The average Bonchev–Trinajstić information content (AvgIpc) is 3.32. The van der Waals surface area contributed by atoms with Crippen LogP contribution >= 0.6 is 0 Å². The van der Waals surface area contributed by atoms with Crippen LogP contribution in [0.15, 0.2) is 18.7 Å². The number of aromatic nitrogens is 5. The Bertz CT molecular complexity index is 849. The molecule has 0 aliphatic heterocycles. The SMILES string of the molecule is N#CCC(C1CCCC1)n1cc(-c2ncnc3[nH]c#cc23)cn1. The normalized spacial score (nSPS) is 16.3. The minimum Gasteiger partial charge on any atom is -0.298 e. The predicted molar refractivity (Wildman–Crippen MR) is 84.0 cm³/mol. The number of H-pyrrole nitrogens is 1. The number of hydrogen-bond donors (Lipinski definition) is 1. The molecule has 1 saturated carbocycles. The van der Waals surface area contributed by atoms with E-state index in [1.165, 1.54) is 32.0 Å². The quantitative estimate of drug-likeness (QED) is 0.803. The maximum Gasteiger partial charge on any atom is 0.157 e. The zero-order valence-electron chi connectivity index (χ0n) is 12.7. The number of nitrogens with zero attached hydrogens (tertiary/aromatic N) is 5. The van der Waals surface area contributed by atoms with Crippen molar-refractivity contribution in [2.45, 2.75) is 38.1 Å². The van der Waals surface area contributed by atoms with Crippen molar-refractivity contribution in [1.29, 1.82) is 5.26 Å². The van der Waals surface area contributed by atoms with Crippen molar-refractivity contribution in [1.82, 2.24) is 24.7 Å². The monoisotopic (exact) mass is 304 g/mol. The molecule has 4 rings (SSSR count). The van der Waals surface area contributed by atoms with Gasteiger partial charge in [0, 0.05) is 18.0 Å². The van der Waals surface area contributed by atoms with Crippen LogP contribution in [0, 0.1) is 29.5 Å². The van der Waals surface area contributed by atoms with Gasteiger partial charge in [-0.2, -0.15) is 10.4 Å². The Labute approximate surface area is 134 Å². The zero-order chi connectivity index (χ0) is 15.6. The van der Waals surface area contributed by atoms with Gasteiger partial charge < -0.3 is 0 Å². The number of nitriles is 1. The van der Waals surface area contributed by atoms with E-state index < -0.39 is 0 Å². The van der Waals surface area contributed by atoms with Crippen LogP contribution in [0.25, 0.3) is 22.3 Å². The number of fused-ring (bicyclic) bond motifs is 1. The summed E-state index contributed by atoms with van der Waals surface area (Å²) in [7, 11) is 0. The molecule has 1 unspecified atom stereocenters. The van der Waals surface area contributed by atoms with E-state index in [4.69, 9.17) is 0 Å². The summed E-state index contributed by atoms with van der Waals surface area (Å²) in [4.78, 5) is 11.4. The van der Waals surface area contributed by atoms with Crippen molar-refractivity contribution in [2.75, 3.05) is 0 Å². The molecule has 3 aromatic rings. The number of nitrogens with one attached hydrogen (secondary N) is 1. The molecule has 6 nitrogen and oxygen atoms in total. The van der Waals surface area contributed by atoms with Crippen molar-refractivity contribution in [3.05, 3.63) is 31.0 Å². The maximum absolute atomic E-state index is 9.17. The maximum atomic E-state index is 9.17. The lowest BCUT2D eigenvalue weighted by Gasteiger charge is -2.21. The highest BCUT2D eigenvalue weighted by molar-refractivity contribution is 5.88. The van der Waals surface area contributed by atoms with Crippen LogP contribution in [0.5, 0.6) is 0 Å². The van der Waals surface area contributed by atoms with Gasteiger partial charge in [0.25, 0.3) is 0 Å². The Hall–Kier alpha value is -2.86. The molecule has 1 aliphatic rings. The van der Waals surface area contributed by atoms with Gasteiger partial charge in [-0.3, -0.25) is 9.67 Å². The molecule has 1 N–H and O–H groups in total. The number of rotatable bonds is 4. The van der Waals surface area contributed by atoms with Crippen LogP contribution in [-0.2, 0) is 0 Å². The molecule has 1 fully saturated rings. The van der Waals surface area contributed by atoms with Gasteiger partial charge in [0.05, 0.1) is 35.8 Å². The predicted octanol–water partition coefficient (Wildman–Crippen LogP) is 3.07. The number of hydrogen-bond acceptors (Lipinski definition) is 4. The highest BCUT2D eigenvalue weighted by Crippen LogP contribution is 2.36. The van der Waals surface area contributed by atoms with E-state index in [1.54, 1.807) is 0 Å². The summed E-state index contributed by atoms with van der Waals surface area (Å²) >= 11 is 0. The van der Waals surface area contributed by atoms with Crippen molar-refractivity contribution in [2.24, 2.45) is 5.92 Å². The molecule has 0 radical (unpaired) electrons. The van der Waals surface area contributed by atoms with Crippen LogP contribution < -0.4 is 0 Å². The van der Waals surface area contributed by atoms with E-state index in [2.05, 4.69) is 38.4 Å². The standard InChI is InChI=1S/C17H16N6/c18-7-5-15(12-3-1-2-4-12)23-10-13(9-22-23)16-14-6-8-19-17(14)21-11-20-16/h9-12,15H,1-5H2,(H,19,20,21). The highest BCUT2D eigenvalue weighted by atomic mass is 15.3. The van der Waals surface area contributed by atoms with E-state index in [9.17, 15) is 5.26 Å². The summed E-state index contributed by atoms with van der Waals surface area (Å²) < 4.78 is 1.94. The third-order valence-corrected chi connectivity index (χ3v) is 4.67. The lowest BCUT2D eigenvalue weighted by Crippen LogP contribution is -2.17. The molecule has 0 amide bonds. The Morgan fingerprint density at radius 1 is 1.39 bits per heavy atom. The second kappa shape index (κ2) is 5.73. The molecule has 0 saturated heterocycles. The summed E-state index contributed by atoms with van der Waals surface area (Å²) in [5.74, 6) is 0.542. The molecule has 114 valence electrons. The van der Waals surface area contributed by atoms with Gasteiger partial charge in [0.1, 0.15) is 6.33 Å². The van der Waals surface area contributed by atoms with Crippen molar-refractivity contribution in [3.8, 4) is 17.3 Å². The van der Waals surface area contributed by atoms with Gasteiger partial charge in [-0.1, -0.05) is 12.8 Å². The summed E-state index contributed by atoms with van der Waals surface area (Å²) in [6, 6.07) is 5.47. The molecule has 0 spiro atoms. The first-order valence-corrected chi connectivity index (χ1v) is 7.90. The summed E-state index contributed by atoms with van der Waals surface area (Å²) in [6.45, 7) is 0. The van der Waals surface area contributed by atoms with Gasteiger partial charge in [-0.05, 0) is 24.8 Å². The van der Waals surface area contributed by atoms with Crippen LogP contribution in [0.1, 0.15) is 38.1 Å². The van der Waals surface area contributed by atoms with E-state index in [-0.39, 0.29) is 6.04 Å². The summed E-state index contributed by atoms with van der Waals surface area (Å²) in [5, 5.41) is 14.5. The fraction of sp³-hybridized carbons (Fsp3) is 0.412. The third-order valence-electron chi connectivity index (χ3n) is 4.67. The summed E-state index contributed by atoms with van der Waals surface area (Å²) in [5.41, 5.74) is 2.43. The van der Waals surface area contributed by atoms with Crippen LogP contribution in [0.3, 0.4) is 0 Å². The lowest BCUT2D eigenvalue weighted by atomic mass is 9.96. The lowest BCUT2D eigenvalue weighted by molar-refractivity contribution is 0.315. The number of aromatic amines is 1. The topological polar surface area (TPSA) is 83.2 Å². The van der Waals surface area contributed by atoms with E-state index >= 15 is 0 Å². The Morgan fingerprint density at radius 2 is 2.26 bits per heavy atom.